The number of carbonyl (C=O) groups is 5. The van der Waals surface area contributed by atoms with Gasteiger partial charge in [0.25, 0.3) is 0 Å². The van der Waals surface area contributed by atoms with E-state index in [1.165, 1.54) is 4.90 Å². The van der Waals surface area contributed by atoms with Gasteiger partial charge in [-0.3, -0.25) is 19.2 Å². The van der Waals surface area contributed by atoms with Crippen molar-refractivity contribution in [3.63, 3.8) is 0 Å². The van der Waals surface area contributed by atoms with E-state index in [-0.39, 0.29) is 36.2 Å². The van der Waals surface area contributed by atoms with Crippen molar-refractivity contribution in [3.8, 4) is 0 Å². The maximum atomic E-state index is 13.5. The number of amides is 3. The molecule has 274 valence electrons. The van der Waals surface area contributed by atoms with Crippen LogP contribution in [0.15, 0.2) is 17.0 Å². The molecule has 0 spiro atoms. The fourth-order valence-corrected chi connectivity index (χ4v) is 7.90. The third-order valence-electron chi connectivity index (χ3n) is 8.40. The average Bonchev–Trinajstić information content (AvgIpc) is 3.39. The number of rotatable bonds is 10. The van der Waals surface area contributed by atoms with Crippen LogP contribution in [0.1, 0.15) is 77.5 Å². The van der Waals surface area contributed by atoms with Gasteiger partial charge in [0, 0.05) is 39.1 Å². The van der Waals surface area contributed by atoms with Crippen LogP contribution in [0.3, 0.4) is 0 Å². The molecule has 1 aromatic rings. The Bertz CT molecular complexity index is 1520. The molecular formula is C34H52N4O10S. The Balaban J connectivity index is 1.68. The summed E-state index contributed by atoms with van der Waals surface area (Å²) in [6, 6.07) is 1.89. The van der Waals surface area contributed by atoms with Gasteiger partial charge >= 0.3 is 18.0 Å². The van der Waals surface area contributed by atoms with E-state index in [1.54, 1.807) is 72.4 Å². The smallest absolute Gasteiger partial charge is 0.410 e. The Morgan fingerprint density at radius 3 is 1.92 bits per heavy atom. The van der Waals surface area contributed by atoms with Crippen LogP contribution in [-0.4, -0.2) is 103 Å². The predicted octanol–water partition coefficient (Wildman–Crippen LogP) is 2.91. The van der Waals surface area contributed by atoms with E-state index in [9.17, 15) is 37.5 Å². The number of ether oxygens (including phenoxy) is 2. The fourth-order valence-electron chi connectivity index (χ4n) is 6.26. The van der Waals surface area contributed by atoms with Crippen LogP contribution in [0.5, 0.6) is 0 Å². The highest BCUT2D eigenvalue weighted by Crippen LogP contribution is 2.29. The number of nitrogens with zero attached hydrogens (tertiary/aromatic N) is 2. The van der Waals surface area contributed by atoms with Gasteiger partial charge in [0.1, 0.15) is 17.2 Å². The number of carboxylic acid groups (broad SMARTS) is 1. The Hall–Kier alpha value is -3.72. The summed E-state index contributed by atoms with van der Waals surface area (Å²) >= 11 is 0. The number of piperidine rings is 1. The molecule has 3 rings (SSSR count). The molecular weight excluding hydrogens is 656 g/mol. The summed E-state index contributed by atoms with van der Waals surface area (Å²) in [5.41, 5.74) is 0.239. The van der Waals surface area contributed by atoms with E-state index in [0.717, 1.165) is 5.56 Å². The molecule has 3 amide bonds. The first-order chi connectivity index (χ1) is 22.5. The highest BCUT2D eigenvalue weighted by molar-refractivity contribution is 7.89. The van der Waals surface area contributed by atoms with E-state index in [4.69, 9.17) is 9.47 Å². The van der Waals surface area contributed by atoms with E-state index in [2.05, 4.69) is 10.0 Å². The first kappa shape index (κ1) is 39.7. The summed E-state index contributed by atoms with van der Waals surface area (Å²) in [7, 11) is -4.26. The standard InChI is InChI=1S/C34H52N4O10S/c1-20-14-21(2)28(22(3)15-20)49(45,46)36-26(31(43)47-33(4,5)6)17-35-29(40)24-18-38(19-25(24)30(41)42)27(39)16-23-10-12-37(13-11-23)32(44)48-34(7,8)9/h14-15,23-26,36H,10-13,16-19H2,1-9H3,(H,35,40)(H,41,42)/t24-,25-,26+/m1/s1. The molecule has 14 nitrogen and oxygen atoms in total. The van der Waals surface area contributed by atoms with Gasteiger partial charge in [-0.15, -0.1) is 0 Å². The highest BCUT2D eigenvalue weighted by Gasteiger charge is 2.44. The molecule has 3 atom stereocenters. The maximum Gasteiger partial charge on any atom is 0.410 e. The van der Waals surface area contributed by atoms with Gasteiger partial charge < -0.3 is 29.7 Å². The average molecular weight is 709 g/mol. The van der Waals surface area contributed by atoms with Crippen LogP contribution in [-0.2, 0) is 38.7 Å². The summed E-state index contributed by atoms with van der Waals surface area (Å²) in [4.78, 5) is 67.4. The number of sulfonamides is 1. The van der Waals surface area contributed by atoms with Gasteiger partial charge in [-0.2, -0.15) is 4.72 Å². The maximum absolute atomic E-state index is 13.5. The van der Waals surface area contributed by atoms with Crippen molar-refractivity contribution in [3.05, 3.63) is 28.8 Å². The first-order valence-corrected chi connectivity index (χ1v) is 18.0. The van der Waals surface area contributed by atoms with Crippen LogP contribution in [0, 0.1) is 38.5 Å². The lowest BCUT2D eigenvalue weighted by Gasteiger charge is -2.33. The lowest BCUT2D eigenvalue weighted by Crippen LogP contribution is -2.52. The van der Waals surface area contributed by atoms with Crippen molar-refractivity contribution in [2.45, 2.75) is 104 Å². The number of esters is 1. The monoisotopic (exact) mass is 708 g/mol. The molecule has 49 heavy (non-hydrogen) atoms. The second-order valence-electron chi connectivity index (χ2n) is 15.1. The van der Waals surface area contributed by atoms with Crippen molar-refractivity contribution in [1.29, 1.82) is 0 Å². The van der Waals surface area contributed by atoms with Gasteiger partial charge in [-0.1, -0.05) is 17.7 Å². The number of aliphatic carboxylic acids is 1. The lowest BCUT2D eigenvalue weighted by molar-refractivity contribution is -0.157. The molecule has 0 bridgehead atoms. The van der Waals surface area contributed by atoms with Crippen molar-refractivity contribution in [2.24, 2.45) is 17.8 Å². The van der Waals surface area contributed by atoms with E-state index in [0.29, 0.717) is 37.1 Å². The molecule has 2 heterocycles. The molecule has 0 saturated carbocycles. The van der Waals surface area contributed by atoms with Gasteiger partial charge in [-0.05, 0) is 92.2 Å². The Morgan fingerprint density at radius 1 is 0.878 bits per heavy atom. The number of aryl methyl sites for hydroxylation is 3. The summed E-state index contributed by atoms with van der Waals surface area (Å²) < 4.78 is 40.3. The van der Waals surface area contributed by atoms with E-state index < -0.39 is 69.6 Å². The topological polar surface area (TPSA) is 189 Å². The van der Waals surface area contributed by atoms with E-state index in [1.807, 2.05) is 6.92 Å². The lowest BCUT2D eigenvalue weighted by atomic mass is 9.93. The van der Waals surface area contributed by atoms with Gasteiger partial charge in [0.2, 0.25) is 21.8 Å². The number of nitrogens with one attached hydrogen (secondary N) is 2. The molecule has 0 radical (unpaired) electrons. The van der Waals surface area contributed by atoms with Crippen molar-refractivity contribution >= 4 is 39.9 Å². The zero-order chi connectivity index (χ0) is 37.1. The minimum Gasteiger partial charge on any atom is -0.481 e. The third-order valence-corrected chi connectivity index (χ3v) is 10.2. The van der Waals surface area contributed by atoms with Gasteiger partial charge in [-0.25, -0.2) is 13.2 Å². The molecule has 2 fully saturated rings. The van der Waals surface area contributed by atoms with E-state index >= 15 is 0 Å². The molecule has 0 unspecified atom stereocenters. The number of benzene rings is 1. The summed E-state index contributed by atoms with van der Waals surface area (Å²) in [5.74, 6) is -5.55. The Labute approximate surface area is 289 Å². The minimum absolute atomic E-state index is 0.00406. The second kappa shape index (κ2) is 15.4. The van der Waals surface area contributed by atoms with Crippen LogP contribution >= 0.6 is 0 Å². The summed E-state index contributed by atoms with van der Waals surface area (Å²) in [5, 5.41) is 12.5. The largest absolute Gasteiger partial charge is 0.481 e. The number of carboxylic acids is 1. The van der Waals surface area contributed by atoms with Crippen molar-refractivity contribution in [1.82, 2.24) is 19.8 Å². The Kier molecular flexibility index (Phi) is 12.5. The van der Waals surface area contributed by atoms with Crippen molar-refractivity contribution < 1.29 is 47.0 Å². The molecule has 2 saturated heterocycles. The predicted molar refractivity (Wildman–Crippen MR) is 180 cm³/mol. The summed E-state index contributed by atoms with van der Waals surface area (Å²) in [6.07, 6.45) is 0.893. The Morgan fingerprint density at radius 2 is 1.41 bits per heavy atom. The number of hydrogen-bond donors (Lipinski definition) is 3. The number of carbonyl (C=O) groups excluding carboxylic acids is 4. The molecule has 1 aromatic carbocycles. The van der Waals surface area contributed by atoms with Gasteiger partial charge in [0.15, 0.2) is 0 Å². The summed E-state index contributed by atoms with van der Waals surface area (Å²) in [6.45, 7) is 15.4. The zero-order valence-corrected chi connectivity index (χ0v) is 30.9. The molecule has 2 aliphatic heterocycles. The molecule has 2 aliphatic rings. The van der Waals surface area contributed by atoms with Crippen LogP contribution in [0.4, 0.5) is 4.79 Å². The third kappa shape index (κ3) is 11.1. The number of likely N-dealkylation sites (tertiary alicyclic amines) is 2. The van der Waals surface area contributed by atoms with Crippen LogP contribution < -0.4 is 10.0 Å². The normalized spacial score (nSPS) is 19.7. The molecule has 3 N–H and O–H groups in total. The van der Waals surface area contributed by atoms with Crippen molar-refractivity contribution in [2.75, 3.05) is 32.7 Å². The molecule has 15 heteroatoms. The highest BCUT2D eigenvalue weighted by atomic mass is 32.2. The fraction of sp³-hybridized carbons (Fsp3) is 0.676. The SMILES string of the molecule is Cc1cc(C)c(S(=O)(=O)N[C@@H](CNC(=O)[C@@H]2CN(C(=O)CC3CCN(C(=O)OC(C)(C)C)CC3)C[C@H]2C(=O)O)C(=O)OC(C)(C)C)c(C)c1. The minimum atomic E-state index is -4.26. The zero-order valence-electron chi connectivity index (χ0n) is 30.0. The molecule has 0 aliphatic carbocycles. The number of hydrogen-bond acceptors (Lipinski definition) is 9. The second-order valence-corrected chi connectivity index (χ2v) is 16.8. The molecule has 0 aromatic heterocycles. The first-order valence-electron chi connectivity index (χ1n) is 16.6. The van der Waals surface area contributed by atoms with Crippen LogP contribution in [0.2, 0.25) is 0 Å². The van der Waals surface area contributed by atoms with Crippen LogP contribution in [0.25, 0.3) is 0 Å². The van der Waals surface area contributed by atoms with Gasteiger partial charge in [0.05, 0.1) is 16.7 Å². The quantitative estimate of drug-likeness (QED) is 0.305.